The van der Waals surface area contributed by atoms with E-state index in [1.807, 2.05) is 13.1 Å². The Hall–Kier alpha value is -3.33. The fraction of sp³-hybridized carbons (Fsp3) is 0.360. The summed E-state index contributed by atoms with van der Waals surface area (Å²) in [4.78, 5) is 17.2. The van der Waals surface area contributed by atoms with Crippen LogP contribution < -0.4 is 10.1 Å². The van der Waals surface area contributed by atoms with Gasteiger partial charge >= 0.3 is 6.18 Å². The van der Waals surface area contributed by atoms with Crippen molar-refractivity contribution in [2.24, 2.45) is 0 Å². The van der Waals surface area contributed by atoms with Crippen LogP contribution in [0, 0.1) is 6.92 Å². The second-order valence-electron chi connectivity index (χ2n) is 8.46. The number of carbonyl (C=O) groups excluding carboxylic acids is 1. The van der Waals surface area contributed by atoms with E-state index in [0.29, 0.717) is 42.9 Å². The first kappa shape index (κ1) is 23.8. The van der Waals surface area contributed by atoms with E-state index in [2.05, 4.69) is 10.3 Å². The number of ether oxygens (including phenoxy) is 2. The van der Waals surface area contributed by atoms with Crippen LogP contribution in [0.25, 0.3) is 5.69 Å². The molecule has 2 aromatic carbocycles. The number of carbonyl (C=O) groups is 1. The lowest BCUT2D eigenvalue weighted by Gasteiger charge is -2.38. The van der Waals surface area contributed by atoms with Crippen molar-refractivity contribution < 1.29 is 27.4 Å². The number of hydrogen-bond acceptors (Lipinski definition) is 4. The maximum absolute atomic E-state index is 13.3. The third kappa shape index (κ3) is 4.94. The Bertz CT molecular complexity index is 1170. The Morgan fingerprint density at radius 2 is 1.97 bits per heavy atom. The van der Waals surface area contributed by atoms with Crippen LogP contribution in [0.15, 0.2) is 55.0 Å². The van der Waals surface area contributed by atoms with E-state index in [1.54, 1.807) is 35.2 Å². The minimum atomic E-state index is -4.43. The average molecular weight is 473 g/mol. The molecule has 2 heterocycles. The molecule has 1 amide bonds. The molecule has 1 aromatic heterocycles. The number of aromatic nitrogens is 2. The highest BCUT2D eigenvalue weighted by Gasteiger charge is 2.37. The Kier molecular flexibility index (Phi) is 6.65. The Morgan fingerprint density at radius 1 is 1.21 bits per heavy atom. The summed E-state index contributed by atoms with van der Waals surface area (Å²) in [5, 5.41) is 2.93. The smallest absolute Gasteiger partial charge is 0.416 e. The van der Waals surface area contributed by atoms with Gasteiger partial charge in [0.1, 0.15) is 5.75 Å². The van der Waals surface area contributed by atoms with Gasteiger partial charge in [-0.1, -0.05) is 18.2 Å². The third-order valence-electron chi connectivity index (χ3n) is 6.27. The Balaban J connectivity index is 1.56. The number of alkyl halides is 3. The molecule has 0 saturated carbocycles. The molecule has 4 rings (SSSR count). The van der Waals surface area contributed by atoms with Gasteiger partial charge in [-0.15, -0.1) is 0 Å². The van der Waals surface area contributed by atoms with Crippen molar-refractivity contribution in [3.8, 4) is 11.4 Å². The maximum atomic E-state index is 13.3. The van der Waals surface area contributed by atoms with Crippen LogP contribution in [0.3, 0.4) is 0 Å². The Labute approximate surface area is 195 Å². The van der Waals surface area contributed by atoms with Gasteiger partial charge in [-0.25, -0.2) is 4.98 Å². The number of nitrogens with zero attached hydrogens (tertiary/aromatic N) is 2. The normalized spacial score (nSPS) is 15.7. The summed E-state index contributed by atoms with van der Waals surface area (Å²) >= 11 is 0. The average Bonchev–Trinajstić information content (AvgIpc) is 3.28. The summed E-state index contributed by atoms with van der Waals surface area (Å²) in [6, 6.07) is 10.4. The molecule has 180 valence electrons. The first-order valence-corrected chi connectivity index (χ1v) is 10.9. The molecule has 1 N–H and O–H groups in total. The third-order valence-corrected chi connectivity index (χ3v) is 6.27. The lowest BCUT2D eigenvalue weighted by molar-refractivity contribution is -0.137. The van der Waals surface area contributed by atoms with Gasteiger partial charge < -0.3 is 19.4 Å². The number of amides is 1. The molecule has 0 atom stereocenters. The number of methoxy groups -OCH3 is 1. The van der Waals surface area contributed by atoms with Gasteiger partial charge in [0.25, 0.3) is 5.91 Å². The van der Waals surface area contributed by atoms with E-state index in [1.165, 1.54) is 19.2 Å². The molecule has 0 radical (unpaired) electrons. The first-order chi connectivity index (χ1) is 16.2. The lowest BCUT2D eigenvalue weighted by Crippen LogP contribution is -2.44. The molecule has 1 saturated heterocycles. The van der Waals surface area contributed by atoms with Crippen LogP contribution in [0.4, 0.5) is 13.2 Å². The Morgan fingerprint density at radius 3 is 2.62 bits per heavy atom. The standard InChI is InChI=1S/C25H26F3N3O3/c1-17-14-31(16-30-17)21-7-6-18(12-22(21)33-2)23(32)29-15-24(8-10-34-11-9-24)19-4-3-5-20(13-19)25(26,27)28/h3-7,12-14,16H,8-11,15H2,1-2H3,(H,29,32). The summed E-state index contributed by atoms with van der Waals surface area (Å²) in [5.74, 6) is 0.174. The number of benzene rings is 2. The molecule has 9 heteroatoms. The van der Waals surface area contributed by atoms with Crippen LogP contribution in [0.5, 0.6) is 5.75 Å². The van der Waals surface area contributed by atoms with Crippen molar-refractivity contribution in [1.29, 1.82) is 0 Å². The monoisotopic (exact) mass is 473 g/mol. The van der Waals surface area contributed by atoms with E-state index in [0.717, 1.165) is 17.4 Å². The van der Waals surface area contributed by atoms with Crippen molar-refractivity contribution in [2.75, 3.05) is 26.9 Å². The molecule has 0 spiro atoms. The highest BCUT2D eigenvalue weighted by atomic mass is 19.4. The van der Waals surface area contributed by atoms with Gasteiger partial charge in [0.05, 0.1) is 30.4 Å². The predicted octanol–water partition coefficient (Wildman–Crippen LogP) is 4.69. The van der Waals surface area contributed by atoms with Crippen LogP contribution in [0.2, 0.25) is 0 Å². The SMILES string of the molecule is COc1cc(C(=O)NCC2(c3cccc(C(F)(F)F)c3)CCOCC2)ccc1-n1cnc(C)c1. The highest BCUT2D eigenvalue weighted by molar-refractivity contribution is 5.95. The van der Waals surface area contributed by atoms with Crippen LogP contribution >= 0.6 is 0 Å². The van der Waals surface area contributed by atoms with E-state index >= 15 is 0 Å². The summed E-state index contributed by atoms with van der Waals surface area (Å²) < 4.78 is 52.7. The minimum absolute atomic E-state index is 0.196. The molecule has 0 unspecified atom stereocenters. The van der Waals surface area contributed by atoms with Gasteiger partial charge in [-0.3, -0.25) is 4.79 Å². The molecule has 0 bridgehead atoms. The second-order valence-corrected chi connectivity index (χ2v) is 8.46. The van der Waals surface area contributed by atoms with Crippen LogP contribution in [-0.4, -0.2) is 42.3 Å². The molecule has 1 fully saturated rings. The number of aryl methyl sites for hydroxylation is 1. The van der Waals surface area contributed by atoms with E-state index in [4.69, 9.17) is 9.47 Å². The second kappa shape index (κ2) is 9.50. The van der Waals surface area contributed by atoms with E-state index < -0.39 is 17.2 Å². The van der Waals surface area contributed by atoms with Crippen molar-refractivity contribution in [3.05, 3.63) is 77.4 Å². The van der Waals surface area contributed by atoms with Gasteiger partial charge in [0.2, 0.25) is 0 Å². The molecule has 3 aromatic rings. The largest absolute Gasteiger partial charge is 0.495 e. The summed E-state index contributed by atoms with van der Waals surface area (Å²) in [7, 11) is 1.52. The minimum Gasteiger partial charge on any atom is -0.495 e. The van der Waals surface area contributed by atoms with Crippen molar-refractivity contribution >= 4 is 5.91 Å². The van der Waals surface area contributed by atoms with E-state index in [-0.39, 0.29) is 12.5 Å². The zero-order valence-electron chi connectivity index (χ0n) is 19.0. The highest BCUT2D eigenvalue weighted by Crippen LogP contribution is 2.38. The topological polar surface area (TPSA) is 65.4 Å². The molecule has 34 heavy (non-hydrogen) atoms. The fourth-order valence-electron chi connectivity index (χ4n) is 4.29. The van der Waals surface area contributed by atoms with Crippen LogP contribution in [0.1, 0.15) is 40.0 Å². The molecule has 1 aliphatic rings. The maximum Gasteiger partial charge on any atom is 0.416 e. The van der Waals surface area contributed by atoms with E-state index in [9.17, 15) is 18.0 Å². The zero-order valence-corrected chi connectivity index (χ0v) is 19.0. The number of hydrogen-bond donors (Lipinski definition) is 1. The molecular weight excluding hydrogens is 447 g/mol. The quantitative estimate of drug-likeness (QED) is 0.564. The number of nitrogens with one attached hydrogen (secondary N) is 1. The van der Waals surface area contributed by atoms with Gasteiger partial charge in [0.15, 0.2) is 0 Å². The molecule has 6 nitrogen and oxygen atoms in total. The summed E-state index contributed by atoms with van der Waals surface area (Å²) in [5.41, 5.74) is 1.19. The lowest BCUT2D eigenvalue weighted by atomic mass is 9.73. The van der Waals surface area contributed by atoms with Crippen molar-refractivity contribution in [3.63, 3.8) is 0 Å². The molecule has 1 aliphatic heterocycles. The van der Waals surface area contributed by atoms with Gasteiger partial charge in [0, 0.05) is 36.9 Å². The van der Waals surface area contributed by atoms with Crippen LogP contribution in [-0.2, 0) is 16.3 Å². The molecule has 0 aliphatic carbocycles. The number of imidazole rings is 1. The summed E-state index contributed by atoms with van der Waals surface area (Å²) in [6.07, 6.45) is 0.101. The zero-order chi connectivity index (χ0) is 24.3. The summed E-state index contributed by atoms with van der Waals surface area (Å²) in [6.45, 7) is 2.90. The fourth-order valence-corrected chi connectivity index (χ4v) is 4.29. The number of halogens is 3. The van der Waals surface area contributed by atoms with Crippen molar-refractivity contribution in [2.45, 2.75) is 31.4 Å². The molecular formula is C25H26F3N3O3. The number of rotatable bonds is 6. The van der Waals surface area contributed by atoms with Gasteiger partial charge in [-0.2, -0.15) is 13.2 Å². The predicted molar refractivity (Wildman–Crippen MR) is 120 cm³/mol. The van der Waals surface area contributed by atoms with Crippen molar-refractivity contribution in [1.82, 2.24) is 14.9 Å². The van der Waals surface area contributed by atoms with Gasteiger partial charge in [-0.05, 0) is 49.6 Å². The first-order valence-electron chi connectivity index (χ1n) is 10.9.